The van der Waals surface area contributed by atoms with Crippen molar-refractivity contribution in [2.45, 2.75) is 6.61 Å². The number of fused-ring (bicyclic) bond motifs is 1. The highest BCUT2D eigenvalue weighted by atomic mass is 16.7. The molecule has 3 aromatic rings. The molecule has 0 fully saturated rings. The number of benzene rings is 1. The van der Waals surface area contributed by atoms with Gasteiger partial charge in [0.1, 0.15) is 0 Å². The molecule has 2 aromatic heterocycles. The largest absolute Gasteiger partial charge is 0.438 e. The van der Waals surface area contributed by atoms with Gasteiger partial charge in [-0.05, 0) is 23.8 Å². The van der Waals surface area contributed by atoms with Crippen LogP contribution in [0, 0.1) is 0 Å². The van der Waals surface area contributed by atoms with Gasteiger partial charge in [0.05, 0.1) is 6.61 Å². The van der Waals surface area contributed by atoms with Crippen molar-refractivity contribution in [3.05, 3.63) is 66.4 Å². The van der Waals surface area contributed by atoms with Crippen molar-refractivity contribution in [3.8, 4) is 5.88 Å². The predicted octanol–water partition coefficient (Wildman–Crippen LogP) is 2.85. The fourth-order valence-electron chi connectivity index (χ4n) is 1.86. The average Bonchev–Trinajstić information content (AvgIpc) is 2.56. The third-order valence-electron chi connectivity index (χ3n) is 2.87. The highest BCUT2D eigenvalue weighted by Gasteiger charge is 2.06. The van der Waals surface area contributed by atoms with Crippen LogP contribution in [-0.4, -0.2) is 16.1 Å². The Hall–Kier alpha value is -2.99. The summed E-state index contributed by atoms with van der Waals surface area (Å²) in [6.07, 6.45) is 0.890. The number of aromatic nitrogens is 2. The Kier molecular flexibility index (Phi) is 4.22. The lowest BCUT2D eigenvalue weighted by molar-refractivity contribution is 0.0339. The maximum atomic E-state index is 11.6. The summed E-state index contributed by atoms with van der Waals surface area (Å²) in [6, 6.07) is 16.5. The SMILES string of the molecule is O=C(NOCc1ccccc1)Oc1ccc2cccnc2n1. The number of pyridine rings is 2. The molecule has 0 unspecified atom stereocenters. The van der Waals surface area contributed by atoms with Crippen LogP contribution in [0.15, 0.2) is 60.8 Å². The first-order valence-corrected chi connectivity index (χ1v) is 6.66. The Morgan fingerprint density at radius 1 is 1.05 bits per heavy atom. The molecule has 22 heavy (non-hydrogen) atoms. The van der Waals surface area contributed by atoms with E-state index in [0.717, 1.165) is 10.9 Å². The van der Waals surface area contributed by atoms with E-state index in [1.807, 2.05) is 42.5 Å². The molecule has 2 heterocycles. The van der Waals surface area contributed by atoms with E-state index >= 15 is 0 Å². The molecule has 3 rings (SSSR count). The van der Waals surface area contributed by atoms with Crippen molar-refractivity contribution in [1.29, 1.82) is 0 Å². The topological polar surface area (TPSA) is 73.3 Å². The summed E-state index contributed by atoms with van der Waals surface area (Å²) in [5.74, 6) is 0.159. The van der Waals surface area contributed by atoms with Crippen LogP contribution in [0.5, 0.6) is 5.88 Å². The maximum absolute atomic E-state index is 11.6. The number of hydroxylamine groups is 1. The van der Waals surface area contributed by atoms with Gasteiger partial charge in [-0.3, -0.25) is 4.84 Å². The highest BCUT2D eigenvalue weighted by molar-refractivity contribution is 5.76. The molecule has 0 spiro atoms. The van der Waals surface area contributed by atoms with E-state index in [2.05, 4.69) is 15.4 Å². The Morgan fingerprint density at radius 2 is 1.91 bits per heavy atom. The standard InChI is InChI=1S/C16H13N3O3/c20-16(19-21-11-12-5-2-1-3-6-12)22-14-9-8-13-7-4-10-17-15(13)18-14/h1-10H,11H2,(H,19,20). The van der Waals surface area contributed by atoms with Crippen LogP contribution in [0.2, 0.25) is 0 Å². The summed E-state index contributed by atoms with van der Waals surface area (Å²) in [7, 11) is 0. The number of carbonyl (C=O) groups is 1. The number of rotatable bonds is 4. The summed E-state index contributed by atoms with van der Waals surface area (Å²) in [6.45, 7) is 0.253. The lowest BCUT2D eigenvalue weighted by Crippen LogP contribution is -2.27. The second-order valence-electron chi connectivity index (χ2n) is 4.47. The van der Waals surface area contributed by atoms with Crippen molar-refractivity contribution in [1.82, 2.24) is 15.4 Å². The second kappa shape index (κ2) is 6.64. The first-order valence-electron chi connectivity index (χ1n) is 6.66. The Balaban J connectivity index is 1.54. The molecule has 1 N–H and O–H groups in total. The van der Waals surface area contributed by atoms with Crippen LogP contribution in [0.3, 0.4) is 0 Å². The zero-order valence-corrected chi connectivity index (χ0v) is 11.6. The fraction of sp³-hybridized carbons (Fsp3) is 0.0625. The van der Waals surface area contributed by atoms with E-state index in [4.69, 9.17) is 9.57 Å². The van der Waals surface area contributed by atoms with Crippen LogP contribution in [0.1, 0.15) is 5.56 Å². The quantitative estimate of drug-likeness (QED) is 0.749. The molecular weight excluding hydrogens is 282 g/mol. The molecule has 0 radical (unpaired) electrons. The Morgan fingerprint density at radius 3 is 2.77 bits per heavy atom. The lowest BCUT2D eigenvalue weighted by Gasteiger charge is -2.06. The van der Waals surface area contributed by atoms with Gasteiger partial charge in [-0.15, -0.1) is 0 Å². The predicted molar refractivity (Wildman–Crippen MR) is 79.9 cm³/mol. The molecular formula is C16H13N3O3. The van der Waals surface area contributed by atoms with E-state index in [9.17, 15) is 4.79 Å². The molecule has 0 aliphatic heterocycles. The zero-order chi connectivity index (χ0) is 15.2. The maximum Gasteiger partial charge on any atom is 0.438 e. The third-order valence-corrected chi connectivity index (χ3v) is 2.87. The minimum Gasteiger partial charge on any atom is -0.390 e. The van der Waals surface area contributed by atoms with E-state index in [1.165, 1.54) is 0 Å². The highest BCUT2D eigenvalue weighted by Crippen LogP contribution is 2.14. The van der Waals surface area contributed by atoms with Gasteiger partial charge in [0.25, 0.3) is 0 Å². The number of hydrogen-bond donors (Lipinski definition) is 1. The summed E-state index contributed by atoms with van der Waals surface area (Å²) >= 11 is 0. The van der Waals surface area contributed by atoms with E-state index in [0.29, 0.717) is 5.65 Å². The first kappa shape index (κ1) is 14.0. The van der Waals surface area contributed by atoms with Crippen LogP contribution in [-0.2, 0) is 11.4 Å². The fourth-order valence-corrected chi connectivity index (χ4v) is 1.86. The number of carbonyl (C=O) groups excluding carboxylic acids is 1. The van der Waals surface area contributed by atoms with Gasteiger partial charge in [0, 0.05) is 17.6 Å². The van der Waals surface area contributed by atoms with Gasteiger partial charge in [0.2, 0.25) is 5.88 Å². The Bertz CT molecular complexity index is 778. The van der Waals surface area contributed by atoms with Crippen molar-refractivity contribution in [2.24, 2.45) is 0 Å². The van der Waals surface area contributed by atoms with Crippen LogP contribution < -0.4 is 10.2 Å². The van der Waals surface area contributed by atoms with Gasteiger partial charge in [0.15, 0.2) is 5.65 Å². The van der Waals surface area contributed by atoms with Crippen molar-refractivity contribution >= 4 is 17.1 Å². The van der Waals surface area contributed by atoms with Crippen LogP contribution in [0.25, 0.3) is 11.0 Å². The average molecular weight is 295 g/mol. The zero-order valence-electron chi connectivity index (χ0n) is 11.6. The molecule has 0 saturated carbocycles. The molecule has 6 nitrogen and oxygen atoms in total. The van der Waals surface area contributed by atoms with Gasteiger partial charge in [-0.2, -0.15) is 10.5 Å². The Labute approximate surface area is 126 Å². The van der Waals surface area contributed by atoms with Crippen molar-refractivity contribution < 1.29 is 14.4 Å². The van der Waals surface area contributed by atoms with E-state index in [-0.39, 0.29) is 12.5 Å². The van der Waals surface area contributed by atoms with Crippen LogP contribution in [0.4, 0.5) is 4.79 Å². The molecule has 6 heteroatoms. The second-order valence-corrected chi connectivity index (χ2v) is 4.47. The van der Waals surface area contributed by atoms with Crippen molar-refractivity contribution in [2.75, 3.05) is 0 Å². The number of ether oxygens (including phenoxy) is 1. The molecule has 0 bridgehead atoms. The van der Waals surface area contributed by atoms with Gasteiger partial charge in [-0.25, -0.2) is 9.78 Å². The number of nitrogens with one attached hydrogen (secondary N) is 1. The van der Waals surface area contributed by atoms with Gasteiger partial charge < -0.3 is 4.74 Å². The summed E-state index contributed by atoms with van der Waals surface area (Å²) in [5.41, 5.74) is 3.66. The number of hydrogen-bond acceptors (Lipinski definition) is 5. The smallest absolute Gasteiger partial charge is 0.390 e. The molecule has 110 valence electrons. The van der Waals surface area contributed by atoms with Gasteiger partial charge >= 0.3 is 6.09 Å². The molecule has 0 atom stereocenters. The van der Waals surface area contributed by atoms with Crippen molar-refractivity contribution in [3.63, 3.8) is 0 Å². The molecule has 1 aromatic carbocycles. The molecule has 0 aliphatic carbocycles. The van der Waals surface area contributed by atoms with E-state index < -0.39 is 6.09 Å². The van der Waals surface area contributed by atoms with Gasteiger partial charge in [-0.1, -0.05) is 30.3 Å². The van der Waals surface area contributed by atoms with Crippen LogP contribution >= 0.6 is 0 Å². The molecule has 0 saturated heterocycles. The van der Waals surface area contributed by atoms with E-state index in [1.54, 1.807) is 18.3 Å². The monoisotopic (exact) mass is 295 g/mol. The first-order chi connectivity index (χ1) is 10.8. The third kappa shape index (κ3) is 3.56. The lowest BCUT2D eigenvalue weighted by atomic mass is 10.2. The number of amides is 1. The molecule has 1 amide bonds. The minimum atomic E-state index is -0.737. The molecule has 0 aliphatic rings. The summed E-state index contributed by atoms with van der Waals surface area (Å²) < 4.78 is 5.03. The summed E-state index contributed by atoms with van der Waals surface area (Å²) in [4.78, 5) is 24.9. The summed E-state index contributed by atoms with van der Waals surface area (Å²) in [5, 5.41) is 0.871. The minimum absolute atomic E-state index is 0.159. The normalized spacial score (nSPS) is 10.4. The number of nitrogens with zero attached hydrogens (tertiary/aromatic N) is 2.